The Morgan fingerprint density at radius 3 is 2.75 bits per heavy atom. The summed E-state index contributed by atoms with van der Waals surface area (Å²) in [5.74, 6) is -0.0745. The van der Waals surface area contributed by atoms with Crippen LogP contribution in [0.15, 0.2) is 0 Å². The van der Waals surface area contributed by atoms with E-state index in [2.05, 4.69) is 15.4 Å². The second-order valence-corrected chi connectivity index (χ2v) is 2.76. The van der Waals surface area contributed by atoms with Crippen molar-refractivity contribution in [3.05, 3.63) is 5.82 Å². The summed E-state index contributed by atoms with van der Waals surface area (Å²) in [5.41, 5.74) is 4.95. The summed E-state index contributed by atoms with van der Waals surface area (Å²) >= 11 is 0. The summed E-state index contributed by atoms with van der Waals surface area (Å²) in [6, 6.07) is 0.152. The SMILES string of the molecule is CC(C)n1nnc(CC(N)=O)n1. The van der Waals surface area contributed by atoms with Gasteiger partial charge >= 0.3 is 0 Å². The third-order valence-electron chi connectivity index (χ3n) is 1.26. The van der Waals surface area contributed by atoms with Crippen LogP contribution in [0, 0.1) is 0 Å². The second kappa shape index (κ2) is 3.29. The van der Waals surface area contributed by atoms with E-state index in [-0.39, 0.29) is 12.5 Å². The third-order valence-corrected chi connectivity index (χ3v) is 1.26. The summed E-state index contributed by atoms with van der Waals surface area (Å²) in [6.45, 7) is 3.85. The molecule has 0 aliphatic heterocycles. The van der Waals surface area contributed by atoms with Crippen molar-refractivity contribution in [2.24, 2.45) is 5.73 Å². The lowest BCUT2D eigenvalue weighted by Crippen LogP contribution is -2.15. The zero-order valence-electron chi connectivity index (χ0n) is 7.06. The van der Waals surface area contributed by atoms with E-state index < -0.39 is 5.91 Å². The lowest BCUT2D eigenvalue weighted by Gasteiger charge is -1.98. The maximum atomic E-state index is 10.5. The van der Waals surface area contributed by atoms with Gasteiger partial charge in [0.15, 0.2) is 5.82 Å². The predicted octanol–water partition coefficient (Wildman–Crippen LogP) is -0.718. The Hall–Kier alpha value is -1.46. The number of carbonyl (C=O) groups excluding carboxylic acids is 1. The van der Waals surface area contributed by atoms with E-state index in [0.717, 1.165) is 0 Å². The zero-order valence-corrected chi connectivity index (χ0v) is 7.06. The average molecular weight is 169 g/mol. The molecule has 2 N–H and O–H groups in total. The molecule has 66 valence electrons. The summed E-state index contributed by atoms with van der Waals surface area (Å²) < 4.78 is 0. The maximum Gasteiger partial charge on any atom is 0.225 e. The van der Waals surface area contributed by atoms with Crippen LogP contribution in [0.4, 0.5) is 0 Å². The van der Waals surface area contributed by atoms with Gasteiger partial charge < -0.3 is 5.73 Å². The Morgan fingerprint density at radius 1 is 1.67 bits per heavy atom. The summed E-state index contributed by atoms with van der Waals surface area (Å²) in [7, 11) is 0. The smallest absolute Gasteiger partial charge is 0.225 e. The van der Waals surface area contributed by atoms with Gasteiger partial charge in [-0.15, -0.1) is 10.2 Å². The summed E-state index contributed by atoms with van der Waals surface area (Å²) in [6.07, 6.45) is 0.0483. The Kier molecular flexibility index (Phi) is 2.37. The molecule has 6 nitrogen and oxygen atoms in total. The molecule has 1 aromatic heterocycles. The molecule has 1 heterocycles. The number of amides is 1. The van der Waals surface area contributed by atoms with Crippen molar-refractivity contribution in [1.82, 2.24) is 20.2 Å². The summed E-state index contributed by atoms with van der Waals surface area (Å²) in [5, 5.41) is 11.3. The van der Waals surface area contributed by atoms with Crippen LogP contribution in [0.5, 0.6) is 0 Å². The lowest BCUT2D eigenvalue weighted by atomic mass is 10.4. The maximum absolute atomic E-state index is 10.5. The van der Waals surface area contributed by atoms with E-state index in [0.29, 0.717) is 5.82 Å². The Balaban J connectivity index is 2.70. The monoisotopic (exact) mass is 169 g/mol. The van der Waals surface area contributed by atoms with Crippen LogP contribution in [0.2, 0.25) is 0 Å². The van der Waals surface area contributed by atoms with Gasteiger partial charge in [-0.3, -0.25) is 4.79 Å². The highest BCUT2D eigenvalue weighted by Gasteiger charge is 2.07. The molecule has 12 heavy (non-hydrogen) atoms. The minimum Gasteiger partial charge on any atom is -0.369 e. The van der Waals surface area contributed by atoms with Gasteiger partial charge in [0.25, 0.3) is 0 Å². The fourth-order valence-electron chi connectivity index (χ4n) is 0.701. The lowest BCUT2D eigenvalue weighted by molar-refractivity contribution is -0.117. The molecule has 1 amide bonds. The first kappa shape index (κ1) is 8.63. The number of hydrogen-bond acceptors (Lipinski definition) is 4. The van der Waals surface area contributed by atoms with Crippen molar-refractivity contribution >= 4 is 5.91 Å². The van der Waals surface area contributed by atoms with E-state index >= 15 is 0 Å². The molecule has 0 aliphatic rings. The molecule has 0 unspecified atom stereocenters. The van der Waals surface area contributed by atoms with Crippen molar-refractivity contribution in [2.75, 3.05) is 0 Å². The molecule has 0 spiro atoms. The van der Waals surface area contributed by atoms with Gasteiger partial charge in [0.1, 0.15) is 0 Å². The number of rotatable bonds is 3. The van der Waals surface area contributed by atoms with Crippen LogP contribution in [-0.2, 0) is 11.2 Å². The number of hydrogen-bond donors (Lipinski definition) is 1. The minimum atomic E-state index is -0.446. The number of tetrazole rings is 1. The fourth-order valence-corrected chi connectivity index (χ4v) is 0.701. The molecule has 0 aromatic carbocycles. The average Bonchev–Trinajstić information content (AvgIpc) is 2.34. The van der Waals surface area contributed by atoms with Crippen molar-refractivity contribution in [2.45, 2.75) is 26.3 Å². The topological polar surface area (TPSA) is 86.7 Å². The Morgan fingerprint density at radius 2 is 2.33 bits per heavy atom. The number of nitrogens with zero attached hydrogens (tertiary/aromatic N) is 4. The molecule has 0 saturated heterocycles. The van der Waals surface area contributed by atoms with Crippen molar-refractivity contribution < 1.29 is 4.79 Å². The van der Waals surface area contributed by atoms with Gasteiger partial charge in [-0.1, -0.05) is 0 Å². The van der Waals surface area contributed by atoms with Gasteiger partial charge in [0.2, 0.25) is 5.91 Å². The van der Waals surface area contributed by atoms with Crippen LogP contribution in [0.1, 0.15) is 25.7 Å². The largest absolute Gasteiger partial charge is 0.369 e. The first-order valence-electron chi connectivity index (χ1n) is 3.66. The highest BCUT2D eigenvalue weighted by molar-refractivity contribution is 5.75. The van der Waals surface area contributed by atoms with Crippen LogP contribution >= 0.6 is 0 Å². The standard InChI is InChI=1S/C6H11N5O/c1-4(2)11-9-6(8-10-11)3-5(7)12/h4H,3H2,1-2H3,(H2,7,12). The van der Waals surface area contributed by atoms with Crippen LogP contribution in [0.25, 0.3) is 0 Å². The Bertz CT molecular complexity index is 279. The molecular formula is C6H11N5O. The van der Waals surface area contributed by atoms with Crippen molar-refractivity contribution in [3.8, 4) is 0 Å². The van der Waals surface area contributed by atoms with E-state index in [9.17, 15) is 4.79 Å². The number of carbonyl (C=O) groups is 1. The number of nitrogens with two attached hydrogens (primary N) is 1. The molecule has 0 bridgehead atoms. The zero-order chi connectivity index (χ0) is 9.14. The Labute approximate surface area is 69.7 Å². The molecule has 1 aromatic rings. The molecule has 0 saturated carbocycles. The molecule has 0 radical (unpaired) electrons. The molecule has 0 fully saturated rings. The molecule has 0 atom stereocenters. The van der Waals surface area contributed by atoms with Gasteiger partial charge in [-0.25, -0.2) is 0 Å². The van der Waals surface area contributed by atoms with Gasteiger partial charge in [-0.05, 0) is 19.1 Å². The quantitative estimate of drug-likeness (QED) is 0.647. The van der Waals surface area contributed by atoms with Crippen LogP contribution in [0.3, 0.4) is 0 Å². The second-order valence-electron chi connectivity index (χ2n) is 2.76. The normalized spacial score (nSPS) is 10.6. The van der Waals surface area contributed by atoms with Crippen molar-refractivity contribution in [3.63, 3.8) is 0 Å². The van der Waals surface area contributed by atoms with Gasteiger partial charge in [-0.2, -0.15) is 4.80 Å². The minimum absolute atomic E-state index is 0.0483. The van der Waals surface area contributed by atoms with Crippen LogP contribution < -0.4 is 5.73 Å². The number of primary amides is 1. The number of aromatic nitrogens is 4. The fraction of sp³-hybridized carbons (Fsp3) is 0.667. The highest BCUT2D eigenvalue weighted by atomic mass is 16.1. The first-order chi connectivity index (χ1) is 5.59. The molecule has 0 aliphatic carbocycles. The first-order valence-corrected chi connectivity index (χ1v) is 3.66. The van der Waals surface area contributed by atoms with Crippen LogP contribution in [-0.4, -0.2) is 26.1 Å². The van der Waals surface area contributed by atoms with E-state index in [4.69, 9.17) is 5.73 Å². The molecule has 1 rings (SSSR count). The van der Waals surface area contributed by atoms with E-state index in [1.807, 2.05) is 13.8 Å². The molecule has 6 heteroatoms. The highest BCUT2D eigenvalue weighted by Crippen LogP contribution is 1.97. The molecular weight excluding hydrogens is 158 g/mol. The predicted molar refractivity (Wildman–Crippen MR) is 41.1 cm³/mol. The third kappa shape index (κ3) is 2.01. The van der Waals surface area contributed by atoms with E-state index in [1.54, 1.807) is 0 Å². The summed E-state index contributed by atoms with van der Waals surface area (Å²) in [4.78, 5) is 11.9. The van der Waals surface area contributed by atoms with E-state index in [1.165, 1.54) is 4.80 Å². The van der Waals surface area contributed by atoms with Crippen molar-refractivity contribution in [1.29, 1.82) is 0 Å². The van der Waals surface area contributed by atoms with Gasteiger partial charge in [0.05, 0.1) is 12.5 Å². The van der Waals surface area contributed by atoms with Gasteiger partial charge in [0, 0.05) is 0 Å².